The second-order valence-electron chi connectivity index (χ2n) is 5.18. The van der Waals surface area contributed by atoms with Crippen molar-refractivity contribution in [3.63, 3.8) is 0 Å². The Morgan fingerprint density at radius 1 is 1.27 bits per heavy atom. The summed E-state index contributed by atoms with van der Waals surface area (Å²) in [5.74, 6) is -1.68. The lowest BCUT2D eigenvalue weighted by Gasteiger charge is -2.06. The quantitative estimate of drug-likeness (QED) is 0.733. The number of carboxylic acid groups (broad SMARTS) is 2. The van der Waals surface area contributed by atoms with Crippen molar-refractivity contribution in [1.29, 1.82) is 0 Å². The van der Waals surface area contributed by atoms with E-state index in [0.29, 0.717) is 18.2 Å². The first kappa shape index (κ1) is 15.9. The third kappa shape index (κ3) is 4.53. The predicted molar refractivity (Wildman–Crippen MR) is 81.1 cm³/mol. The molecule has 1 aromatic rings. The zero-order chi connectivity index (χ0) is 15.9. The average molecular weight is 302 g/mol. The van der Waals surface area contributed by atoms with Gasteiger partial charge in [-0.25, -0.2) is 9.59 Å². The van der Waals surface area contributed by atoms with Crippen LogP contribution in [0.2, 0.25) is 0 Å². The minimum absolute atomic E-state index is 0.558. The topological polar surface area (TPSA) is 99.5 Å². The van der Waals surface area contributed by atoms with Crippen LogP contribution in [-0.2, 0) is 9.59 Å². The summed E-state index contributed by atoms with van der Waals surface area (Å²) < 4.78 is 0. The minimum Gasteiger partial charge on any atom is -0.478 e. The Labute approximate surface area is 128 Å². The lowest BCUT2D eigenvalue weighted by molar-refractivity contribution is -0.134. The van der Waals surface area contributed by atoms with E-state index in [4.69, 9.17) is 10.2 Å². The van der Waals surface area contributed by atoms with Crippen molar-refractivity contribution in [2.24, 2.45) is 5.92 Å². The van der Waals surface area contributed by atoms with Crippen LogP contribution in [0.25, 0.3) is 5.57 Å². The smallest absolute Gasteiger partial charge is 0.328 e. The number of pyridine rings is 1. The van der Waals surface area contributed by atoms with Crippen LogP contribution in [0.4, 0.5) is 0 Å². The van der Waals surface area contributed by atoms with Crippen molar-refractivity contribution in [3.05, 3.63) is 48.3 Å². The summed E-state index contributed by atoms with van der Waals surface area (Å²) in [4.78, 5) is 23.3. The van der Waals surface area contributed by atoms with Gasteiger partial charge in [0.2, 0.25) is 0 Å². The van der Waals surface area contributed by atoms with Gasteiger partial charge in [0.1, 0.15) is 0 Å². The molecule has 0 saturated carbocycles. The van der Waals surface area contributed by atoms with E-state index in [1.165, 1.54) is 30.5 Å². The number of fused-ring (bicyclic) bond motifs is 1. The Bertz CT molecular complexity index is 579. The minimum atomic E-state index is -1.26. The monoisotopic (exact) mass is 302 g/mol. The van der Waals surface area contributed by atoms with Crippen LogP contribution in [0.1, 0.15) is 18.4 Å². The van der Waals surface area contributed by atoms with Gasteiger partial charge in [-0.05, 0) is 42.5 Å². The van der Waals surface area contributed by atoms with Gasteiger partial charge in [0, 0.05) is 30.6 Å². The normalized spacial score (nSPS) is 22.6. The highest BCUT2D eigenvalue weighted by atomic mass is 16.4. The van der Waals surface area contributed by atoms with Gasteiger partial charge in [0.05, 0.1) is 0 Å². The number of aliphatic carboxylic acids is 2. The largest absolute Gasteiger partial charge is 0.478 e. The number of nitrogens with zero attached hydrogens (tertiary/aromatic N) is 1. The van der Waals surface area contributed by atoms with Crippen molar-refractivity contribution in [2.45, 2.75) is 18.9 Å². The highest BCUT2D eigenvalue weighted by molar-refractivity contribution is 5.89. The number of carboxylic acids is 2. The first-order chi connectivity index (χ1) is 10.6. The zero-order valence-electron chi connectivity index (χ0n) is 12.0. The average Bonchev–Trinajstić information content (AvgIpc) is 3.08. The molecule has 3 N–H and O–H groups in total. The Morgan fingerprint density at radius 2 is 2.00 bits per heavy atom. The molecule has 3 rings (SSSR count). The molecular formula is C16H18N2O4. The number of nitrogens with one attached hydrogen (secondary N) is 1. The van der Waals surface area contributed by atoms with Gasteiger partial charge in [0.25, 0.3) is 0 Å². The summed E-state index contributed by atoms with van der Waals surface area (Å²) in [7, 11) is 0. The molecule has 2 atom stereocenters. The molecule has 1 aliphatic heterocycles. The summed E-state index contributed by atoms with van der Waals surface area (Å²) in [5.41, 5.74) is 2.77. The number of allylic oxidation sites excluding steroid dienone is 1. The molecule has 0 bridgehead atoms. The SMILES string of the molecule is C1=C(c2cccnc2)C[C@@H]2CCN[C@H]12.O=C(O)/C=C/C(=O)O. The molecule has 0 unspecified atom stereocenters. The summed E-state index contributed by atoms with van der Waals surface area (Å²) in [6.07, 6.45) is 9.85. The fraction of sp³-hybridized carbons (Fsp3) is 0.312. The molecule has 1 aliphatic carbocycles. The van der Waals surface area contributed by atoms with Crippen LogP contribution in [-0.4, -0.2) is 39.7 Å². The fourth-order valence-corrected chi connectivity index (χ4v) is 2.68. The standard InChI is InChI=1S/C12H14N2.C4H4O4/c1-2-10(8-13-4-1)11-6-9-3-5-14-12(9)7-11;5-3(6)1-2-4(7)8/h1-2,4,7-9,12,14H,3,5-6H2;1-2H,(H,5,6)(H,7,8)/b;2-1+/t9-,12+;/m0./s1. The second kappa shape index (κ2) is 7.51. The van der Waals surface area contributed by atoms with Crippen molar-refractivity contribution < 1.29 is 19.8 Å². The Kier molecular flexibility index (Phi) is 5.43. The molecule has 1 aromatic heterocycles. The molecule has 0 aromatic carbocycles. The van der Waals surface area contributed by atoms with Gasteiger partial charge in [0.15, 0.2) is 0 Å². The van der Waals surface area contributed by atoms with Crippen LogP contribution in [0.5, 0.6) is 0 Å². The van der Waals surface area contributed by atoms with Crippen molar-refractivity contribution in [3.8, 4) is 0 Å². The number of carbonyl (C=O) groups is 2. The van der Waals surface area contributed by atoms with Gasteiger partial charge in [-0.1, -0.05) is 12.1 Å². The fourth-order valence-electron chi connectivity index (χ4n) is 2.68. The summed E-state index contributed by atoms with van der Waals surface area (Å²) in [6.45, 7) is 1.19. The molecule has 2 heterocycles. The van der Waals surface area contributed by atoms with Crippen LogP contribution in [0, 0.1) is 5.92 Å². The van der Waals surface area contributed by atoms with E-state index >= 15 is 0 Å². The van der Waals surface area contributed by atoms with Crippen LogP contribution in [0.3, 0.4) is 0 Å². The highest BCUT2D eigenvalue weighted by Crippen LogP contribution is 2.36. The molecule has 0 radical (unpaired) electrons. The van der Waals surface area contributed by atoms with Crippen LogP contribution < -0.4 is 5.32 Å². The first-order valence-electron chi connectivity index (χ1n) is 7.04. The number of rotatable bonds is 3. The van der Waals surface area contributed by atoms with Crippen molar-refractivity contribution >= 4 is 17.5 Å². The van der Waals surface area contributed by atoms with Crippen LogP contribution in [0.15, 0.2) is 42.8 Å². The second-order valence-corrected chi connectivity index (χ2v) is 5.18. The maximum atomic E-state index is 9.55. The molecule has 1 fully saturated rings. The molecular weight excluding hydrogens is 284 g/mol. The molecule has 116 valence electrons. The zero-order valence-corrected chi connectivity index (χ0v) is 12.0. The lowest BCUT2D eigenvalue weighted by atomic mass is 10.00. The Balaban J connectivity index is 0.000000192. The van der Waals surface area contributed by atoms with Gasteiger partial charge >= 0.3 is 11.9 Å². The summed E-state index contributed by atoms with van der Waals surface area (Å²) >= 11 is 0. The van der Waals surface area contributed by atoms with E-state index in [1.807, 2.05) is 18.5 Å². The van der Waals surface area contributed by atoms with E-state index in [9.17, 15) is 9.59 Å². The molecule has 6 nitrogen and oxygen atoms in total. The van der Waals surface area contributed by atoms with Crippen molar-refractivity contribution in [2.75, 3.05) is 6.54 Å². The number of hydrogen-bond acceptors (Lipinski definition) is 4. The number of hydrogen-bond donors (Lipinski definition) is 3. The molecule has 0 spiro atoms. The molecule has 6 heteroatoms. The van der Waals surface area contributed by atoms with E-state index in [2.05, 4.69) is 22.4 Å². The third-order valence-corrected chi connectivity index (χ3v) is 3.67. The number of aromatic nitrogens is 1. The molecule has 2 aliphatic rings. The molecule has 22 heavy (non-hydrogen) atoms. The van der Waals surface area contributed by atoms with E-state index < -0.39 is 11.9 Å². The van der Waals surface area contributed by atoms with Gasteiger partial charge < -0.3 is 15.5 Å². The Morgan fingerprint density at radius 3 is 2.55 bits per heavy atom. The predicted octanol–water partition coefficient (Wildman–Crippen LogP) is 1.56. The van der Waals surface area contributed by atoms with E-state index in [1.54, 1.807) is 0 Å². The maximum Gasteiger partial charge on any atom is 0.328 e. The maximum absolute atomic E-state index is 9.55. The molecule has 1 saturated heterocycles. The molecule has 0 amide bonds. The third-order valence-electron chi connectivity index (χ3n) is 3.67. The van der Waals surface area contributed by atoms with Gasteiger partial charge in [-0.3, -0.25) is 4.98 Å². The van der Waals surface area contributed by atoms with Gasteiger partial charge in [-0.2, -0.15) is 0 Å². The van der Waals surface area contributed by atoms with E-state index in [0.717, 1.165) is 5.92 Å². The Hall–Kier alpha value is -2.47. The van der Waals surface area contributed by atoms with Crippen molar-refractivity contribution in [1.82, 2.24) is 10.3 Å². The first-order valence-corrected chi connectivity index (χ1v) is 7.04. The lowest BCUT2D eigenvalue weighted by Crippen LogP contribution is -2.20. The van der Waals surface area contributed by atoms with E-state index in [-0.39, 0.29) is 0 Å². The summed E-state index contributed by atoms with van der Waals surface area (Å²) in [6, 6.07) is 4.79. The highest BCUT2D eigenvalue weighted by Gasteiger charge is 2.31. The van der Waals surface area contributed by atoms with Crippen LogP contribution >= 0.6 is 0 Å². The van der Waals surface area contributed by atoms with Gasteiger partial charge in [-0.15, -0.1) is 0 Å². The summed E-state index contributed by atoms with van der Waals surface area (Å²) in [5, 5.41) is 19.1.